The number of benzene rings is 2. The van der Waals surface area contributed by atoms with Crippen LogP contribution in [0.2, 0.25) is 0 Å². The summed E-state index contributed by atoms with van der Waals surface area (Å²) in [5.74, 6) is 1.24. The van der Waals surface area contributed by atoms with Crippen LogP contribution in [0.5, 0.6) is 11.5 Å². The van der Waals surface area contributed by atoms with Crippen LogP contribution in [0.3, 0.4) is 0 Å². The molecule has 0 aromatic heterocycles. The maximum Gasteiger partial charge on any atom is 0.325 e. The van der Waals surface area contributed by atoms with Crippen LogP contribution >= 0.6 is 0 Å². The summed E-state index contributed by atoms with van der Waals surface area (Å²) in [6.07, 6.45) is 0.716. The SMILES string of the molecule is COc1ccc(C[C@H](C)CN2C(=O)N[C@@H](c3ccccc3)C2=O)cc1OC. The number of carbonyl (C=O) groups is 2. The number of rotatable bonds is 7. The van der Waals surface area contributed by atoms with Crippen molar-refractivity contribution in [1.29, 1.82) is 0 Å². The van der Waals surface area contributed by atoms with Crippen molar-refractivity contribution in [2.24, 2.45) is 5.92 Å². The zero-order chi connectivity index (χ0) is 19.4. The summed E-state index contributed by atoms with van der Waals surface area (Å²) >= 11 is 0. The molecular formula is C21H24N2O4. The molecule has 3 rings (SSSR count). The van der Waals surface area contributed by atoms with Gasteiger partial charge in [0.25, 0.3) is 5.91 Å². The fraction of sp³-hybridized carbons (Fsp3) is 0.333. The molecule has 0 radical (unpaired) electrons. The molecule has 142 valence electrons. The average molecular weight is 368 g/mol. The summed E-state index contributed by atoms with van der Waals surface area (Å²) < 4.78 is 10.6. The van der Waals surface area contributed by atoms with Gasteiger partial charge in [-0.05, 0) is 35.6 Å². The van der Waals surface area contributed by atoms with Gasteiger partial charge in [0.15, 0.2) is 11.5 Å². The fourth-order valence-electron chi connectivity index (χ4n) is 3.35. The molecule has 2 aromatic rings. The van der Waals surface area contributed by atoms with E-state index in [1.54, 1.807) is 14.2 Å². The Hall–Kier alpha value is -3.02. The second-order valence-electron chi connectivity index (χ2n) is 6.74. The molecule has 0 unspecified atom stereocenters. The monoisotopic (exact) mass is 368 g/mol. The Labute approximate surface area is 159 Å². The lowest BCUT2D eigenvalue weighted by molar-refractivity contribution is -0.128. The van der Waals surface area contributed by atoms with E-state index in [4.69, 9.17) is 9.47 Å². The number of amides is 3. The minimum absolute atomic E-state index is 0.104. The number of nitrogens with one attached hydrogen (secondary N) is 1. The third kappa shape index (κ3) is 4.05. The summed E-state index contributed by atoms with van der Waals surface area (Å²) in [6, 6.07) is 14.1. The van der Waals surface area contributed by atoms with Crippen LogP contribution in [0, 0.1) is 5.92 Å². The molecule has 1 saturated heterocycles. The van der Waals surface area contributed by atoms with E-state index in [-0.39, 0.29) is 17.9 Å². The van der Waals surface area contributed by atoms with Crippen LogP contribution < -0.4 is 14.8 Å². The molecule has 0 saturated carbocycles. The lowest BCUT2D eigenvalue weighted by Crippen LogP contribution is -2.35. The lowest BCUT2D eigenvalue weighted by atomic mass is 10.00. The fourth-order valence-corrected chi connectivity index (χ4v) is 3.35. The lowest BCUT2D eigenvalue weighted by Gasteiger charge is -2.19. The van der Waals surface area contributed by atoms with Gasteiger partial charge in [-0.15, -0.1) is 0 Å². The summed E-state index contributed by atoms with van der Waals surface area (Å²) in [7, 11) is 3.20. The van der Waals surface area contributed by atoms with Crippen LogP contribution in [0.15, 0.2) is 48.5 Å². The van der Waals surface area contributed by atoms with Crippen molar-refractivity contribution in [3.05, 3.63) is 59.7 Å². The van der Waals surface area contributed by atoms with Gasteiger partial charge in [-0.25, -0.2) is 4.79 Å². The first-order chi connectivity index (χ1) is 13.0. The highest BCUT2D eigenvalue weighted by Crippen LogP contribution is 2.29. The van der Waals surface area contributed by atoms with Gasteiger partial charge in [0.1, 0.15) is 6.04 Å². The Bertz CT molecular complexity index is 822. The molecule has 2 atom stereocenters. The number of hydrogen-bond donors (Lipinski definition) is 1. The largest absolute Gasteiger partial charge is 0.493 e. The normalized spacial score (nSPS) is 17.6. The van der Waals surface area contributed by atoms with E-state index < -0.39 is 6.04 Å². The Morgan fingerprint density at radius 1 is 1.04 bits per heavy atom. The molecule has 1 aliphatic rings. The van der Waals surface area contributed by atoms with Crippen molar-refractivity contribution in [3.8, 4) is 11.5 Å². The first-order valence-corrected chi connectivity index (χ1v) is 8.91. The van der Waals surface area contributed by atoms with Crippen molar-refractivity contribution < 1.29 is 19.1 Å². The molecular weight excluding hydrogens is 344 g/mol. The summed E-state index contributed by atoms with van der Waals surface area (Å²) in [5, 5.41) is 2.77. The zero-order valence-corrected chi connectivity index (χ0v) is 15.8. The maximum atomic E-state index is 12.7. The number of ether oxygens (including phenoxy) is 2. The van der Waals surface area contributed by atoms with Crippen LogP contribution in [-0.2, 0) is 11.2 Å². The Morgan fingerprint density at radius 2 is 1.74 bits per heavy atom. The smallest absolute Gasteiger partial charge is 0.325 e. The van der Waals surface area contributed by atoms with E-state index in [0.717, 1.165) is 11.1 Å². The van der Waals surface area contributed by atoms with Gasteiger partial charge in [-0.1, -0.05) is 43.3 Å². The quantitative estimate of drug-likeness (QED) is 0.762. The van der Waals surface area contributed by atoms with E-state index >= 15 is 0 Å². The Balaban J connectivity index is 1.66. The van der Waals surface area contributed by atoms with E-state index in [1.807, 2.05) is 55.5 Å². The molecule has 1 aliphatic heterocycles. The highest BCUT2D eigenvalue weighted by Gasteiger charge is 2.39. The highest BCUT2D eigenvalue weighted by atomic mass is 16.5. The van der Waals surface area contributed by atoms with Crippen LogP contribution in [0.25, 0.3) is 0 Å². The van der Waals surface area contributed by atoms with Crippen molar-refractivity contribution in [1.82, 2.24) is 10.2 Å². The van der Waals surface area contributed by atoms with E-state index in [9.17, 15) is 9.59 Å². The number of methoxy groups -OCH3 is 2. The maximum absolute atomic E-state index is 12.7. The van der Waals surface area contributed by atoms with Crippen molar-refractivity contribution in [3.63, 3.8) is 0 Å². The average Bonchev–Trinajstić information content (AvgIpc) is 2.96. The number of nitrogens with zero attached hydrogens (tertiary/aromatic N) is 1. The molecule has 6 nitrogen and oxygen atoms in total. The minimum Gasteiger partial charge on any atom is -0.493 e. The summed E-state index contributed by atoms with van der Waals surface area (Å²) in [6.45, 7) is 2.38. The van der Waals surface area contributed by atoms with Crippen LogP contribution in [-0.4, -0.2) is 37.6 Å². The molecule has 0 aliphatic carbocycles. The molecule has 1 heterocycles. The number of urea groups is 1. The summed E-state index contributed by atoms with van der Waals surface area (Å²) in [4.78, 5) is 26.3. The molecule has 0 bridgehead atoms. The van der Waals surface area contributed by atoms with Crippen molar-refractivity contribution >= 4 is 11.9 Å². The van der Waals surface area contributed by atoms with Gasteiger partial charge in [0.05, 0.1) is 14.2 Å². The van der Waals surface area contributed by atoms with Crippen LogP contribution in [0.4, 0.5) is 4.79 Å². The Kier molecular flexibility index (Phi) is 5.64. The van der Waals surface area contributed by atoms with E-state index in [1.165, 1.54) is 4.90 Å². The molecule has 1 fully saturated rings. The van der Waals surface area contributed by atoms with Gasteiger partial charge in [0.2, 0.25) is 0 Å². The molecule has 1 N–H and O–H groups in total. The number of carbonyl (C=O) groups excluding carboxylic acids is 2. The second kappa shape index (κ2) is 8.12. The first kappa shape index (κ1) is 18.8. The van der Waals surface area contributed by atoms with E-state index in [2.05, 4.69) is 5.32 Å². The van der Waals surface area contributed by atoms with E-state index in [0.29, 0.717) is 24.5 Å². The van der Waals surface area contributed by atoms with Crippen molar-refractivity contribution in [2.75, 3.05) is 20.8 Å². The molecule has 27 heavy (non-hydrogen) atoms. The number of hydrogen-bond acceptors (Lipinski definition) is 4. The van der Waals surface area contributed by atoms with Gasteiger partial charge < -0.3 is 14.8 Å². The van der Waals surface area contributed by atoms with Gasteiger partial charge in [-0.2, -0.15) is 0 Å². The number of imide groups is 1. The van der Waals surface area contributed by atoms with Gasteiger partial charge in [-0.3, -0.25) is 9.69 Å². The first-order valence-electron chi connectivity index (χ1n) is 8.91. The molecule has 6 heteroatoms. The zero-order valence-electron chi connectivity index (χ0n) is 15.8. The van der Waals surface area contributed by atoms with Gasteiger partial charge >= 0.3 is 6.03 Å². The van der Waals surface area contributed by atoms with Crippen LogP contribution in [0.1, 0.15) is 24.1 Å². The predicted molar refractivity (Wildman–Crippen MR) is 102 cm³/mol. The highest BCUT2D eigenvalue weighted by molar-refractivity contribution is 6.04. The minimum atomic E-state index is -0.605. The standard InChI is InChI=1S/C21H24N2O4/c1-14(11-15-9-10-17(26-2)18(12-15)27-3)13-23-20(24)19(22-21(23)25)16-7-5-4-6-8-16/h4-10,12,14,19H,11,13H2,1-3H3,(H,22,25)/t14-,19-/m0/s1. The van der Waals surface area contributed by atoms with Crippen molar-refractivity contribution in [2.45, 2.75) is 19.4 Å². The third-order valence-corrected chi connectivity index (χ3v) is 4.69. The molecule has 3 amide bonds. The molecule has 0 spiro atoms. The predicted octanol–water partition coefficient (Wildman–Crippen LogP) is 3.18. The molecule has 2 aromatic carbocycles. The third-order valence-electron chi connectivity index (χ3n) is 4.69. The Morgan fingerprint density at radius 3 is 2.41 bits per heavy atom. The van der Waals surface area contributed by atoms with Gasteiger partial charge in [0, 0.05) is 6.54 Å². The topological polar surface area (TPSA) is 67.9 Å². The summed E-state index contributed by atoms with van der Waals surface area (Å²) in [5.41, 5.74) is 1.86. The second-order valence-corrected chi connectivity index (χ2v) is 6.74.